The average molecular weight is 343 g/mol. The van der Waals surface area contributed by atoms with E-state index >= 15 is 0 Å². The Kier molecular flexibility index (Phi) is 4.70. The molecule has 0 saturated carbocycles. The molecule has 25 heavy (non-hydrogen) atoms. The molecule has 0 atom stereocenters. The first-order valence-electron chi connectivity index (χ1n) is 8.60. The van der Waals surface area contributed by atoms with Crippen molar-refractivity contribution in [3.05, 3.63) is 41.6 Å². The summed E-state index contributed by atoms with van der Waals surface area (Å²) in [7, 11) is 0. The van der Waals surface area contributed by atoms with Crippen molar-refractivity contribution in [1.29, 1.82) is 0 Å². The summed E-state index contributed by atoms with van der Waals surface area (Å²) in [5.74, 6) is 1.43. The number of ether oxygens (including phenoxy) is 1. The first kappa shape index (κ1) is 17.3. The van der Waals surface area contributed by atoms with E-state index in [-0.39, 0.29) is 6.09 Å². The summed E-state index contributed by atoms with van der Waals surface area (Å²) in [5.41, 5.74) is 2.49. The molecule has 0 spiro atoms. The lowest BCUT2D eigenvalue weighted by Crippen LogP contribution is -2.39. The number of carbonyl (C=O) groups is 1. The molecule has 6 heteroatoms. The molecule has 1 aliphatic heterocycles. The number of oxazole rings is 1. The molecular formula is C19H25N3O3. The second kappa shape index (κ2) is 6.78. The van der Waals surface area contributed by atoms with Gasteiger partial charge in [0.2, 0.25) is 5.89 Å². The molecule has 1 amide bonds. The zero-order chi connectivity index (χ0) is 18.0. The Morgan fingerprint density at radius 3 is 2.88 bits per heavy atom. The Bertz CT molecular complexity index is 762. The molecule has 0 fully saturated rings. The van der Waals surface area contributed by atoms with Crippen LogP contribution in [0.4, 0.5) is 16.2 Å². The van der Waals surface area contributed by atoms with E-state index in [0.29, 0.717) is 19.0 Å². The fourth-order valence-electron chi connectivity index (χ4n) is 2.85. The molecular weight excluding hydrogens is 318 g/mol. The molecule has 2 aromatic rings. The van der Waals surface area contributed by atoms with Gasteiger partial charge in [-0.2, -0.15) is 0 Å². The number of fused-ring (bicyclic) bond motifs is 1. The van der Waals surface area contributed by atoms with Crippen LogP contribution in [0, 0.1) is 6.92 Å². The van der Waals surface area contributed by atoms with E-state index in [9.17, 15) is 4.79 Å². The van der Waals surface area contributed by atoms with Crippen LogP contribution in [0.5, 0.6) is 0 Å². The number of nitrogens with zero attached hydrogens (tertiary/aromatic N) is 2. The third kappa shape index (κ3) is 4.32. The highest BCUT2D eigenvalue weighted by Crippen LogP contribution is 2.31. The number of amides is 1. The number of rotatable bonds is 3. The summed E-state index contributed by atoms with van der Waals surface area (Å²) in [6.07, 6.45) is 3.31. The van der Waals surface area contributed by atoms with Crippen LogP contribution in [0.3, 0.4) is 0 Å². The van der Waals surface area contributed by atoms with E-state index in [2.05, 4.69) is 16.4 Å². The summed E-state index contributed by atoms with van der Waals surface area (Å²) in [4.78, 5) is 18.4. The van der Waals surface area contributed by atoms with E-state index in [1.165, 1.54) is 0 Å². The zero-order valence-corrected chi connectivity index (χ0v) is 15.3. The largest absolute Gasteiger partial charge is 0.444 e. The number of hydrogen-bond acceptors (Lipinski definition) is 5. The van der Waals surface area contributed by atoms with Crippen molar-refractivity contribution in [3.8, 4) is 0 Å². The van der Waals surface area contributed by atoms with E-state index in [1.54, 1.807) is 11.1 Å². The van der Waals surface area contributed by atoms with Crippen LogP contribution in [0.25, 0.3) is 0 Å². The zero-order valence-electron chi connectivity index (χ0n) is 15.3. The Morgan fingerprint density at radius 1 is 1.40 bits per heavy atom. The van der Waals surface area contributed by atoms with Gasteiger partial charge in [-0.15, -0.1) is 0 Å². The predicted octanol–water partition coefficient (Wildman–Crippen LogP) is 4.28. The summed E-state index contributed by atoms with van der Waals surface area (Å²) in [6, 6.07) is 6.08. The van der Waals surface area contributed by atoms with Gasteiger partial charge in [-0.25, -0.2) is 9.78 Å². The molecule has 1 N–H and O–H groups in total. The van der Waals surface area contributed by atoms with Crippen LogP contribution in [-0.2, 0) is 17.7 Å². The molecule has 0 aliphatic carbocycles. The van der Waals surface area contributed by atoms with E-state index in [4.69, 9.17) is 9.15 Å². The molecule has 0 saturated heterocycles. The van der Waals surface area contributed by atoms with Gasteiger partial charge >= 0.3 is 6.09 Å². The maximum atomic E-state index is 12.5. The highest BCUT2D eigenvalue weighted by atomic mass is 16.6. The number of anilines is 2. The van der Waals surface area contributed by atoms with Crippen molar-refractivity contribution in [2.75, 3.05) is 16.8 Å². The fraction of sp³-hybridized carbons (Fsp3) is 0.474. The van der Waals surface area contributed by atoms with Crippen LogP contribution in [0.15, 0.2) is 28.8 Å². The van der Waals surface area contributed by atoms with Gasteiger partial charge in [0.25, 0.3) is 0 Å². The standard InChI is InChI=1S/C19H25N3O3/c1-13-11-21-17(24-13)12-20-15-8-7-14-6-5-9-22(16(14)10-15)18(23)25-19(2,3)4/h7-8,10-11,20H,5-6,9,12H2,1-4H3. The van der Waals surface area contributed by atoms with Crippen molar-refractivity contribution in [3.63, 3.8) is 0 Å². The SMILES string of the molecule is Cc1cnc(CNc2ccc3c(c2)N(C(=O)OC(C)(C)C)CCC3)o1. The van der Waals surface area contributed by atoms with Crippen molar-refractivity contribution >= 4 is 17.5 Å². The Morgan fingerprint density at radius 2 is 2.20 bits per heavy atom. The quantitative estimate of drug-likeness (QED) is 0.901. The lowest BCUT2D eigenvalue weighted by Gasteiger charge is -2.32. The number of hydrogen-bond donors (Lipinski definition) is 1. The molecule has 6 nitrogen and oxygen atoms in total. The highest BCUT2D eigenvalue weighted by molar-refractivity contribution is 5.90. The van der Waals surface area contributed by atoms with Crippen molar-refractivity contribution in [2.24, 2.45) is 0 Å². The molecule has 1 aliphatic rings. The van der Waals surface area contributed by atoms with Crippen LogP contribution in [-0.4, -0.2) is 23.2 Å². The minimum absolute atomic E-state index is 0.297. The third-order valence-electron chi connectivity index (χ3n) is 3.93. The summed E-state index contributed by atoms with van der Waals surface area (Å²) in [6.45, 7) is 8.68. The average Bonchev–Trinajstić information content (AvgIpc) is 2.96. The molecule has 1 aromatic heterocycles. The number of nitrogens with one attached hydrogen (secondary N) is 1. The number of benzene rings is 1. The van der Waals surface area contributed by atoms with Crippen LogP contribution in [0.2, 0.25) is 0 Å². The van der Waals surface area contributed by atoms with E-state index in [0.717, 1.165) is 35.5 Å². The first-order chi connectivity index (χ1) is 11.8. The molecule has 0 unspecified atom stereocenters. The maximum absolute atomic E-state index is 12.5. The molecule has 2 heterocycles. The second-order valence-corrected chi connectivity index (χ2v) is 7.30. The molecule has 0 radical (unpaired) electrons. The number of carbonyl (C=O) groups excluding carboxylic acids is 1. The molecule has 3 rings (SSSR count). The fourth-order valence-corrected chi connectivity index (χ4v) is 2.85. The lowest BCUT2D eigenvalue weighted by atomic mass is 10.0. The normalized spacial score (nSPS) is 14.2. The summed E-state index contributed by atoms with van der Waals surface area (Å²) >= 11 is 0. The van der Waals surface area contributed by atoms with Crippen LogP contribution >= 0.6 is 0 Å². The highest BCUT2D eigenvalue weighted by Gasteiger charge is 2.27. The number of aromatic nitrogens is 1. The van der Waals surface area contributed by atoms with Gasteiger partial charge < -0.3 is 14.5 Å². The summed E-state index contributed by atoms with van der Waals surface area (Å²) < 4.78 is 11.0. The molecule has 0 bridgehead atoms. The Balaban J connectivity index is 1.76. The van der Waals surface area contributed by atoms with E-state index in [1.807, 2.05) is 39.8 Å². The lowest BCUT2D eigenvalue weighted by molar-refractivity contribution is 0.0578. The Labute approximate surface area is 148 Å². The van der Waals surface area contributed by atoms with E-state index < -0.39 is 5.60 Å². The smallest absolute Gasteiger partial charge is 0.414 e. The first-order valence-corrected chi connectivity index (χ1v) is 8.60. The van der Waals surface area contributed by atoms with Gasteiger partial charge in [-0.3, -0.25) is 4.90 Å². The predicted molar refractivity (Wildman–Crippen MR) is 96.9 cm³/mol. The summed E-state index contributed by atoms with van der Waals surface area (Å²) in [5, 5.41) is 3.30. The molecule has 134 valence electrons. The van der Waals surface area contributed by atoms with Gasteiger partial charge in [0.1, 0.15) is 11.4 Å². The van der Waals surface area contributed by atoms with Gasteiger partial charge in [0.15, 0.2) is 0 Å². The van der Waals surface area contributed by atoms with Crippen molar-refractivity contribution in [1.82, 2.24) is 4.98 Å². The minimum Gasteiger partial charge on any atom is -0.444 e. The third-order valence-corrected chi connectivity index (χ3v) is 3.93. The maximum Gasteiger partial charge on any atom is 0.414 e. The molecule has 1 aromatic carbocycles. The minimum atomic E-state index is -0.507. The van der Waals surface area contributed by atoms with Gasteiger partial charge in [-0.05, 0) is 58.2 Å². The van der Waals surface area contributed by atoms with Crippen LogP contribution < -0.4 is 10.2 Å². The van der Waals surface area contributed by atoms with Crippen molar-refractivity contribution < 1.29 is 13.9 Å². The van der Waals surface area contributed by atoms with Gasteiger partial charge in [0, 0.05) is 12.2 Å². The Hall–Kier alpha value is -2.50. The van der Waals surface area contributed by atoms with Gasteiger partial charge in [0.05, 0.1) is 18.4 Å². The number of aryl methyl sites for hydroxylation is 2. The van der Waals surface area contributed by atoms with Crippen LogP contribution in [0.1, 0.15) is 44.4 Å². The second-order valence-electron chi connectivity index (χ2n) is 7.30. The van der Waals surface area contributed by atoms with Crippen molar-refractivity contribution in [2.45, 2.75) is 52.7 Å². The topological polar surface area (TPSA) is 67.6 Å². The van der Waals surface area contributed by atoms with Gasteiger partial charge in [-0.1, -0.05) is 6.07 Å². The monoisotopic (exact) mass is 343 g/mol.